The maximum Gasteiger partial charge on any atom is 0.417 e. The SMILES string of the molecule is CC1SC(=S)N(CCCC(=O)Nc2ccc(Cl)c(C(F)(F)F)c2)C1=O. The monoisotopic (exact) mass is 410 g/mol. The second-order valence-corrected chi connectivity index (χ2v) is 7.74. The van der Waals surface area contributed by atoms with Crippen molar-refractivity contribution in [3.05, 3.63) is 28.8 Å². The summed E-state index contributed by atoms with van der Waals surface area (Å²) in [7, 11) is 0. The van der Waals surface area contributed by atoms with Gasteiger partial charge in [0.05, 0.1) is 15.8 Å². The predicted octanol–water partition coefficient (Wildman–Crippen LogP) is 4.33. The van der Waals surface area contributed by atoms with Crippen molar-refractivity contribution in [1.82, 2.24) is 4.90 Å². The average molecular weight is 411 g/mol. The lowest BCUT2D eigenvalue weighted by atomic mass is 10.2. The molecule has 0 spiro atoms. The molecule has 4 nitrogen and oxygen atoms in total. The summed E-state index contributed by atoms with van der Waals surface area (Å²) >= 11 is 11.9. The highest BCUT2D eigenvalue weighted by Gasteiger charge is 2.34. The third kappa shape index (κ3) is 5.08. The zero-order chi connectivity index (χ0) is 18.8. The van der Waals surface area contributed by atoms with Crippen LogP contribution in [0.15, 0.2) is 18.2 Å². The molecule has 1 atom stereocenters. The molecule has 0 radical (unpaired) electrons. The minimum atomic E-state index is -4.60. The molecule has 0 saturated carbocycles. The van der Waals surface area contributed by atoms with Crippen molar-refractivity contribution >= 4 is 57.4 Å². The summed E-state index contributed by atoms with van der Waals surface area (Å²) in [6.07, 6.45) is -4.20. The van der Waals surface area contributed by atoms with Crippen LogP contribution in [-0.4, -0.2) is 32.8 Å². The van der Waals surface area contributed by atoms with Gasteiger partial charge in [-0.25, -0.2) is 0 Å². The number of thiocarbonyl (C=S) groups is 1. The van der Waals surface area contributed by atoms with Crippen molar-refractivity contribution in [2.45, 2.75) is 31.2 Å². The Labute approximate surface area is 157 Å². The van der Waals surface area contributed by atoms with Crippen LogP contribution < -0.4 is 5.32 Å². The van der Waals surface area contributed by atoms with E-state index in [0.717, 1.165) is 12.1 Å². The second-order valence-electron chi connectivity index (χ2n) is 5.36. The Hall–Kier alpha value is -1.32. The highest BCUT2D eigenvalue weighted by Crippen LogP contribution is 2.36. The van der Waals surface area contributed by atoms with Gasteiger partial charge in [0.25, 0.3) is 0 Å². The number of carbonyl (C=O) groups is 2. The van der Waals surface area contributed by atoms with Gasteiger partial charge in [-0.3, -0.25) is 14.5 Å². The number of carbonyl (C=O) groups excluding carboxylic acids is 2. The molecule has 1 saturated heterocycles. The summed E-state index contributed by atoms with van der Waals surface area (Å²) in [4.78, 5) is 25.2. The Morgan fingerprint density at radius 3 is 2.68 bits per heavy atom. The zero-order valence-corrected chi connectivity index (χ0v) is 15.4. The summed E-state index contributed by atoms with van der Waals surface area (Å²) in [6.45, 7) is 2.06. The summed E-state index contributed by atoms with van der Waals surface area (Å²) in [6, 6.07) is 3.17. The van der Waals surface area contributed by atoms with Crippen LogP contribution in [0.25, 0.3) is 0 Å². The maximum absolute atomic E-state index is 12.8. The fourth-order valence-corrected chi connectivity index (χ4v) is 3.90. The molecule has 0 aromatic heterocycles. The van der Waals surface area contributed by atoms with Crippen LogP contribution in [0, 0.1) is 0 Å². The Bertz CT molecular complexity index is 713. The van der Waals surface area contributed by atoms with Gasteiger partial charge in [0.1, 0.15) is 4.32 Å². The molecule has 1 aromatic carbocycles. The van der Waals surface area contributed by atoms with Crippen LogP contribution in [0.4, 0.5) is 18.9 Å². The number of hydrogen-bond acceptors (Lipinski definition) is 4. The molecule has 25 heavy (non-hydrogen) atoms. The average Bonchev–Trinajstić information content (AvgIpc) is 2.74. The first kappa shape index (κ1) is 20.0. The molecule has 1 aromatic rings. The lowest BCUT2D eigenvalue weighted by Gasteiger charge is -2.15. The van der Waals surface area contributed by atoms with Crippen molar-refractivity contribution < 1.29 is 22.8 Å². The van der Waals surface area contributed by atoms with Gasteiger partial charge in [-0.15, -0.1) is 0 Å². The number of nitrogens with zero attached hydrogens (tertiary/aromatic N) is 1. The van der Waals surface area contributed by atoms with Crippen LogP contribution >= 0.6 is 35.6 Å². The van der Waals surface area contributed by atoms with Crippen LogP contribution in [0.5, 0.6) is 0 Å². The maximum atomic E-state index is 12.8. The van der Waals surface area contributed by atoms with Gasteiger partial charge in [-0.05, 0) is 31.5 Å². The number of halogens is 4. The molecule has 0 aliphatic carbocycles. The van der Waals surface area contributed by atoms with Crippen LogP contribution in [0.1, 0.15) is 25.3 Å². The number of benzene rings is 1. The van der Waals surface area contributed by atoms with Crippen molar-refractivity contribution in [2.24, 2.45) is 0 Å². The Morgan fingerprint density at radius 2 is 2.12 bits per heavy atom. The number of nitrogens with one attached hydrogen (secondary N) is 1. The lowest BCUT2D eigenvalue weighted by Crippen LogP contribution is -2.32. The number of rotatable bonds is 5. The van der Waals surface area contributed by atoms with Crippen LogP contribution in [-0.2, 0) is 15.8 Å². The van der Waals surface area contributed by atoms with Crippen LogP contribution in [0.3, 0.4) is 0 Å². The van der Waals surface area contributed by atoms with Gasteiger partial charge in [0.15, 0.2) is 0 Å². The quantitative estimate of drug-likeness (QED) is 0.734. The third-order valence-electron chi connectivity index (χ3n) is 3.45. The normalized spacial score (nSPS) is 18.0. The molecular weight excluding hydrogens is 397 g/mol. The first-order chi connectivity index (χ1) is 11.6. The van der Waals surface area contributed by atoms with Crippen molar-refractivity contribution in [3.63, 3.8) is 0 Å². The summed E-state index contributed by atoms with van der Waals surface area (Å²) in [5.41, 5.74) is -0.996. The summed E-state index contributed by atoms with van der Waals surface area (Å²) in [5, 5.41) is 1.74. The highest BCUT2D eigenvalue weighted by molar-refractivity contribution is 8.24. The van der Waals surface area contributed by atoms with E-state index in [1.807, 2.05) is 0 Å². The van der Waals surface area contributed by atoms with Gasteiger partial charge in [0.2, 0.25) is 11.8 Å². The fraction of sp³-hybridized carbons (Fsp3) is 0.400. The molecular formula is C15H14ClF3N2O2S2. The number of amides is 2. The van der Waals surface area contributed by atoms with E-state index in [1.54, 1.807) is 6.92 Å². The first-order valence-electron chi connectivity index (χ1n) is 7.28. The largest absolute Gasteiger partial charge is 0.417 e. The third-order valence-corrected chi connectivity index (χ3v) is 5.27. The van der Waals surface area contributed by atoms with E-state index in [1.165, 1.54) is 22.7 Å². The molecule has 10 heteroatoms. The highest BCUT2D eigenvalue weighted by atomic mass is 35.5. The van der Waals surface area contributed by atoms with Crippen molar-refractivity contribution in [2.75, 3.05) is 11.9 Å². The molecule has 1 N–H and O–H groups in total. The molecule has 0 bridgehead atoms. The molecule has 1 aliphatic rings. The molecule has 1 heterocycles. The smallest absolute Gasteiger partial charge is 0.326 e. The van der Waals surface area contributed by atoms with Gasteiger partial charge in [-0.1, -0.05) is 35.6 Å². The van der Waals surface area contributed by atoms with Gasteiger partial charge >= 0.3 is 6.18 Å². The number of alkyl halides is 3. The molecule has 1 unspecified atom stereocenters. The van der Waals surface area contributed by atoms with E-state index in [2.05, 4.69) is 5.32 Å². The van der Waals surface area contributed by atoms with Crippen molar-refractivity contribution in [3.8, 4) is 0 Å². The van der Waals surface area contributed by atoms with E-state index < -0.39 is 22.7 Å². The molecule has 1 aliphatic heterocycles. The minimum absolute atomic E-state index is 0.0127. The van der Waals surface area contributed by atoms with E-state index in [0.29, 0.717) is 17.3 Å². The van der Waals surface area contributed by atoms with Gasteiger partial charge in [0, 0.05) is 18.7 Å². The number of anilines is 1. The summed E-state index contributed by atoms with van der Waals surface area (Å²) in [5.74, 6) is -0.545. The Balaban J connectivity index is 1.89. The zero-order valence-electron chi connectivity index (χ0n) is 13.0. The predicted molar refractivity (Wildman–Crippen MR) is 95.7 cm³/mol. The summed E-state index contributed by atoms with van der Waals surface area (Å²) < 4.78 is 38.9. The fourth-order valence-electron chi connectivity index (χ4n) is 2.22. The first-order valence-corrected chi connectivity index (χ1v) is 8.95. The number of hydrogen-bond donors (Lipinski definition) is 1. The molecule has 136 valence electrons. The van der Waals surface area contributed by atoms with E-state index >= 15 is 0 Å². The van der Waals surface area contributed by atoms with Gasteiger partial charge < -0.3 is 5.32 Å². The standard InChI is InChI=1S/C15H14ClF3N2O2S2/c1-8-13(23)21(14(24)25-8)6-2-3-12(22)20-9-4-5-11(16)10(7-9)15(17,18)19/h4-5,7-8H,2-3,6H2,1H3,(H,20,22). The molecule has 2 amide bonds. The minimum Gasteiger partial charge on any atom is -0.326 e. The van der Waals surface area contributed by atoms with E-state index in [4.69, 9.17) is 23.8 Å². The number of thioether (sulfide) groups is 1. The van der Waals surface area contributed by atoms with E-state index in [9.17, 15) is 22.8 Å². The lowest BCUT2D eigenvalue weighted by molar-refractivity contribution is -0.137. The van der Waals surface area contributed by atoms with Crippen LogP contribution in [0.2, 0.25) is 5.02 Å². The Morgan fingerprint density at radius 1 is 1.44 bits per heavy atom. The molecule has 1 fully saturated rings. The topological polar surface area (TPSA) is 49.4 Å². The van der Waals surface area contributed by atoms with E-state index in [-0.39, 0.29) is 23.3 Å². The second kappa shape index (κ2) is 7.92. The van der Waals surface area contributed by atoms with Crippen molar-refractivity contribution in [1.29, 1.82) is 0 Å². The Kier molecular flexibility index (Phi) is 6.34. The molecule has 2 rings (SSSR count). The van der Waals surface area contributed by atoms with Gasteiger partial charge in [-0.2, -0.15) is 13.2 Å².